The summed E-state index contributed by atoms with van der Waals surface area (Å²) in [4.78, 5) is 0. The maximum atomic E-state index is 13.4. The molecule has 0 aliphatic rings. The number of halogens is 2. The first kappa shape index (κ1) is 16.0. The molecule has 0 spiro atoms. The van der Waals surface area contributed by atoms with Crippen molar-refractivity contribution in [1.82, 2.24) is 5.32 Å². The second-order valence-electron chi connectivity index (χ2n) is 4.85. The lowest BCUT2D eigenvalue weighted by Crippen LogP contribution is -2.15. The van der Waals surface area contributed by atoms with Gasteiger partial charge in [0.1, 0.15) is 18.2 Å². The highest BCUT2D eigenvalue weighted by molar-refractivity contribution is 9.10. The van der Waals surface area contributed by atoms with E-state index in [0.29, 0.717) is 13.2 Å². The Balaban J connectivity index is 2.04. The lowest BCUT2D eigenvalue weighted by atomic mass is 10.2. The highest BCUT2D eigenvalue weighted by atomic mass is 79.9. The first-order valence-corrected chi connectivity index (χ1v) is 7.84. The van der Waals surface area contributed by atoms with Crippen LogP contribution in [-0.4, -0.2) is 6.54 Å². The number of rotatable bonds is 7. The van der Waals surface area contributed by atoms with Crippen LogP contribution in [0, 0.1) is 5.82 Å². The molecule has 0 saturated heterocycles. The molecule has 0 saturated carbocycles. The van der Waals surface area contributed by atoms with Crippen molar-refractivity contribution in [2.75, 3.05) is 6.54 Å². The Kier molecular flexibility index (Phi) is 6.21. The van der Waals surface area contributed by atoms with E-state index in [-0.39, 0.29) is 5.82 Å². The average Bonchev–Trinajstić information content (AvgIpc) is 2.47. The third kappa shape index (κ3) is 5.14. The van der Waals surface area contributed by atoms with E-state index in [1.165, 1.54) is 12.1 Å². The zero-order valence-corrected chi connectivity index (χ0v) is 13.6. The topological polar surface area (TPSA) is 21.3 Å². The van der Waals surface area contributed by atoms with Crippen LogP contribution in [0.4, 0.5) is 4.39 Å². The molecule has 0 aliphatic heterocycles. The van der Waals surface area contributed by atoms with E-state index in [1.807, 2.05) is 24.3 Å². The molecule has 0 unspecified atom stereocenters. The Morgan fingerprint density at radius 2 is 2.05 bits per heavy atom. The van der Waals surface area contributed by atoms with Crippen molar-refractivity contribution in [2.24, 2.45) is 0 Å². The number of ether oxygens (including phenoxy) is 1. The van der Waals surface area contributed by atoms with Crippen molar-refractivity contribution < 1.29 is 9.13 Å². The molecule has 21 heavy (non-hydrogen) atoms. The fourth-order valence-electron chi connectivity index (χ4n) is 2.01. The van der Waals surface area contributed by atoms with Crippen LogP contribution < -0.4 is 10.1 Å². The van der Waals surface area contributed by atoms with E-state index in [2.05, 4.69) is 28.2 Å². The van der Waals surface area contributed by atoms with Crippen LogP contribution in [0.2, 0.25) is 0 Å². The summed E-state index contributed by atoms with van der Waals surface area (Å²) in [6, 6.07) is 12.6. The highest BCUT2D eigenvalue weighted by Crippen LogP contribution is 2.21. The Morgan fingerprint density at radius 3 is 2.81 bits per heavy atom. The molecule has 0 aliphatic carbocycles. The van der Waals surface area contributed by atoms with Gasteiger partial charge in [-0.2, -0.15) is 0 Å². The second-order valence-corrected chi connectivity index (χ2v) is 5.76. The molecular weight excluding hydrogens is 333 g/mol. The summed E-state index contributed by atoms with van der Waals surface area (Å²) in [7, 11) is 0. The van der Waals surface area contributed by atoms with Gasteiger partial charge in [0.15, 0.2) is 0 Å². The zero-order chi connectivity index (χ0) is 15.1. The summed E-state index contributed by atoms with van der Waals surface area (Å²) >= 11 is 3.44. The Labute approximate surface area is 133 Å². The fraction of sp³-hybridized carbons (Fsp3) is 0.294. The zero-order valence-electron chi connectivity index (χ0n) is 12.0. The summed E-state index contributed by atoms with van der Waals surface area (Å²) in [6.07, 6.45) is 1.05. The molecule has 0 atom stereocenters. The molecule has 2 nitrogen and oxygen atoms in total. The second kappa shape index (κ2) is 8.15. The van der Waals surface area contributed by atoms with Gasteiger partial charge in [-0.1, -0.05) is 35.0 Å². The van der Waals surface area contributed by atoms with Crippen LogP contribution in [0.25, 0.3) is 0 Å². The van der Waals surface area contributed by atoms with Gasteiger partial charge in [0, 0.05) is 16.6 Å². The number of nitrogens with one attached hydrogen (secondary N) is 1. The van der Waals surface area contributed by atoms with Crippen LogP contribution in [0.5, 0.6) is 5.75 Å². The molecule has 0 fully saturated rings. The minimum absolute atomic E-state index is 0.238. The maximum Gasteiger partial charge on any atom is 0.124 e. The molecule has 0 heterocycles. The monoisotopic (exact) mass is 351 g/mol. The summed E-state index contributed by atoms with van der Waals surface area (Å²) < 4.78 is 20.2. The van der Waals surface area contributed by atoms with Gasteiger partial charge in [0.25, 0.3) is 0 Å². The van der Waals surface area contributed by atoms with Gasteiger partial charge in [-0.25, -0.2) is 4.39 Å². The molecule has 0 aromatic heterocycles. The van der Waals surface area contributed by atoms with Gasteiger partial charge in [0.05, 0.1) is 0 Å². The SMILES string of the molecule is CCCNCc1cc(F)ccc1OCc1cccc(Br)c1. The predicted octanol–water partition coefficient (Wildman–Crippen LogP) is 4.67. The molecule has 4 heteroatoms. The van der Waals surface area contributed by atoms with Gasteiger partial charge in [-0.15, -0.1) is 0 Å². The number of benzene rings is 2. The molecular formula is C17H19BrFNO. The minimum Gasteiger partial charge on any atom is -0.489 e. The standard InChI is InChI=1S/C17H19BrFNO/c1-2-8-20-11-14-10-16(19)6-7-17(14)21-12-13-4-3-5-15(18)9-13/h3-7,9-10,20H,2,8,11-12H2,1H3. The lowest BCUT2D eigenvalue weighted by Gasteiger charge is -2.12. The summed E-state index contributed by atoms with van der Waals surface area (Å²) in [5.41, 5.74) is 1.92. The number of hydrogen-bond donors (Lipinski definition) is 1. The van der Waals surface area contributed by atoms with Gasteiger partial charge in [0.2, 0.25) is 0 Å². The maximum absolute atomic E-state index is 13.4. The van der Waals surface area contributed by atoms with Crippen LogP contribution in [0.15, 0.2) is 46.9 Å². The normalized spacial score (nSPS) is 10.6. The van der Waals surface area contributed by atoms with E-state index >= 15 is 0 Å². The van der Waals surface area contributed by atoms with E-state index < -0.39 is 0 Å². The summed E-state index contributed by atoms with van der Waals surface area (Å²) in [5.74, 6) is 0.484. The van der Waals surface area contributed by atoms with Crippen molar-refractivity contribution >= 4 is 15.9 Å². The Bertz CT molecular complexity index is 589. The molecule has 2 rings (SSSR count). The first-order chi connectivity index (χ1) is 10.2. The molecule has 0 bridgehead atoms. The molecule has 0 amide bonds. The van der Waals surface area contributed by atoms with Crippen LogP contribution in [0.3, 0.4) is 0 Å². The van der Waals surface area contributed by atoms with Gasteiger partial charge >= 0.3 is 0 Å². The lowest BCUT2D eigenvalue weighted by molar-refractivity contribution is 0.301. The van der Waals surface area contributed by atoms with Crippen molar-refractivity contribution in [3.63, 3.8) is 0 Å². The van der Waals surface area contributed by atoms with E-state index in [9.17, 15) is 4.39 Å². The average molecular weight is 352 g/mol. The third-order valence-electron chi connectivity index (χ3n) is 3.05. The van der Waals surface area contributed by atoms with Crippen LogP contribution in [-0.2, 0) is 13.2 Å². The molecule has 2 aromatic carbocycles. The predicted molar refractivity (Wildman–Crippen MR) is 86.9 cm³/mol. The van der Waals surface area contributed by atoms with Crippen molar-refractivity contribution in [2.45, 2.75) is 26.5 Å². The van der Waals surface area contributed by atoms with Crippen molar-refractivity contribution in [3.05, 3.63) is 63.9 Å². The summed E-state index contributed by atoms with van der Waals surface area (Å²) in [6.45, 7) is 4.08. The molecule has 2 aromatic rings. The largest absolute Gasteiger partial charge is 0.489 e. The van der Waals surface area contributed by atoms with Crippen molar-refractivity contribution in [1.29, 1.82) is 0 Å². The van der Waals surface area contributed by atoms with Crippen LogP contribution >= 0.6 is 15.9 Å². The smallest absolute Gasteiger partial charge is 0.124 e. The molecule has 0 radical (unpaired) electrons. The minimum atomic E-state index is -0.238. The molecule has 112 valence electrons. The fourth-order valence-corrected chi connectivity index (χ4v) is 2.46. The number of hydrogen-bond acceptors (Lipinski definition) is 2. The van der Waals surface area contributed by atoms with Gasteiger partial charge in [-0.3, -0.25) is 0 Å². The Morgan fingerprint density at radius 1 is 1.19 bits per heavy atom. The third-order valence-corrected chi connectivity index (χ3v) is 3.54. The molecule has 1 N–H and O–H groups in total. The quantitative estimate of drug-likeness (QED) is 0.732. The van der Waals surface area contributed by atoms with Gasteiger partial charge < -0.3 is 10.1 Å². The summed E-state index contributed by atoms with van der Waals surface area (Å²) in [5, 5.41) is 3.27. The highest BCUT2D eigenvalue weighted by Gasteiger charge is 2.06. The Hall–Kier alpha value is -1.39. The van der Waals surface area contributed by atoms with E-state index in [4.69, 9.17) is 4.74 Å². The van der Waals surface area contributed by atoms with Crippen LogP contribution in [0.1, 0.15) is 24.5 Å². The van der Waals surface area contributed by atoms with E-state index in [1.54, 1.807) is 6.07 Å². The van der Waals surface area contributed by atoms with Gasteiger partial charge in [-0.05, 0) is 48.9 Å². The van der Waals surface area contributed by atoms with Crippen molar-refractivity contribution in [3.8, 4) is 5.75 Å². The first-order valence-electron chi connectivity index (χ1n) is 7.05. The van der Waals surface area contributed by atoms with E-state index in [0.717, 1.165) is 34.3 Å².